The minimum Gasteiger partial charge on any atom is -0.496 e. The van der Waals surface area contributed by atoms with Crippen LogP contribution in [0.4, 0.5) is 0 Å². The van der Waals surface area contributed by atoms with Gasteiger partial charge in [-0.1, -0.05) is 6.07 Å². The molecule has 0 aromatic heterocycles. The third kappa shape index (κ3) is 5.20. The van der Waals surface area contributed by atoms with Crippen molar-refractivity contribution in [1.82, 2.24) is 0 Å². The van der Waals surface area contributed by atoms with E-state index < -0.39 is 0 Å². The molecule has 1 rings (SSSR count). The van der Waals surface area contributed by atoms with Gasteiger partial charge in [0, 0.05) is 13.2 Å². The molecule has 0 fully saturated rings. The first kappa shape index (κ1) is 15.9. The Morgan fingerprint density at radius 2 is 1.65 bits per heavy atom. The van der Waals surface area contributed by atoms with Crippen molar-refractivity contribution in [3.8, 4) is 5.75 Å². The van der Waals surface area contributed by atoms with Crippen LogP contribution in [0.3, 0.4) is 0 Å². The van der Waals surface area contributed by atoms with Gasteiger partial charge in [-0.3, -0.25) is 0 Å². The van der Waals surface area contributed by atoms with Crippen molar-refractivity contribution in [2.75, 3.05) is 20.3 Å². The number of rotatable bonds is 4. The molecule has 0 radical (unpaired) electrons. The van der Waals surface area contributed by atoms with E-state index in [1.54, 1.807) is 7.11 Å². The van der Waals surface area contributed by atoms with Crippen LogP contribution in [-0.2, 0) is 11.3 Å². The zero-order valence-electron chi connectivity index (χ0n) is 11.5. The molecule has 0 aliphatic heterocycles. The van der Waals surface area contributed by atoms with Crippen molar-refractivity contribution in [1.29, 1.82) is 0 Å². The summed E-state index contributed by atoms with van der Waals surface area (Å²) in [7, 11) is 1.65. The first-order valence-corrected chi connectivity index (χ1v) is 5.93. The van der Waals surface area contributed by atoms with Crippen molar-refractivity contribution in [2.24, 2.45) is 0 Å². The van der Waals surface area contributed by atoms with Crippen molar-refractivity contribution in [3.63, 3.8) is 0 Å². The van der Waals surface area contributed by atoms with Crippen LogP contribution in [0.25, 0.3) is 0 Å². The van der Waals surface area contributed by atoms with Crippen LogP contribution in [0.2, 0.25) is 0 Å². The van der Waals surface area contributed by atoms with Gasteiger partial charge in [-0.15, -0.1) is 0 Å². The highest BCUT2D eigenvalue weighted by Crippen LogP contribution is 2.23. The van der Waals surface area contributed by atoms with E-state index >= 15 is 0 Å². The number of aliphatic hydroxyl groups is 1. The topological polar surface area (TPSA) is 38.7 Å². The molecule has 0 aliphatic rings. The zero-order valence-corrected chi connectivity index (χ0v) is 11.5. The van der Waals surface area contributed by atoms with Crippen molar-refractivity contribution in [2.45, 2.75) is 34.3 Å². The van der Waals surface area contributed by atoms with Crippen LogP contribution in [-0.4, -0.2) is 25.4 Å². The van der Waals surface area contributed by atoms with Gasteiger partial charge < -0.3 is 14.6 Å². The summed E-state index contributed by atoms with van der Waals surface area (Å²) >= 11 is 0. The minimum atomic E-state index is 0.0939. The predicted molar refractivity (Wildman–Crippen MR) is 70.6 cm³/mol. The minimum absolute atomic E-state index is 0.0939. The van der Waals surface area contributed by atoms with E-state index in [4.69, 9.17) is 14.6 Å². The number of aliphatic hydroxyl groups excluding tert-OH is 1. The zero-order chi connectivity index (χ0) is 13.3. The Morgan fingerprint density at radius 3 is 2.00 bits per heavy atom. The van der Waals surface area contributed by atoms with E-state index in [1.165, 1.54) is 0 Å². The van der Waals surface area contributed by atoms with Gasteiger partial charge in [-0.05, 0) is 50.5 Å². The molecule has 0 aliphatic carbocycles. The molecule has 0 bridgehead atoms. The predicted octanol–water partition coefficient (Wildman–Crippen LogP) is 2.85. The fourth-order valence-corrected chi connectivity index (χ4v) is 1.45. The largest absolute Gasteiger partial charge is 0.496 e. The number of benzene rings is 1. The standard InChI is InChI=1S/C10H14O2.C4H10O/c1-7-8(2)10(12-3)5-4-9(7)6-11;1-3-5-4-2/h4-5,11H,6H2,1-3H3;3-4H2,1-2H3. The first-order chi connectivity index (χ1) is 8.12. The second kappa shape index (κ2) is 9.02. The van der Waals surface area contributed by atoms with Crippen LogP contribution in [0, 0.1) is 13.8 Å². The summed E-state index contributed by atoms with van der Waals surface area (Å²) in [6.07, 6.45) is 0. The Balaban J connectivity index is 0.000000437. The van der Waals surface area contributed by atoms with E-state index in [2.05, 4.69) is 0 Å². The van der Waals surface area contributed by atoms with Crippen molar-refractivity contribution < 1.29 is 14.6 Å². The molecule has 0 unspecified atom stereocenters. The quantitative estimate of drug-likeness (QED) is 0.879. The van der Waals surface area contributed by atoms with Gasteiger partial charge in [0.2, 0.25) is 0 Å². The summed E-state index contributed by atoms with van der Waals surface area (Å²) in [5, 5.41) is 8.97. The Bertz CT molecular complexity index is 290. The van der Waals surface area contributed by atoms with E-state index in [0.29, 0.717) is 0 Å². The van der Waals surface area contributed by atoms with Gasteiger partial charge in [0.15, 0.2) is 0 Å². The molecule has 3 heteroatoms. The highest BCUT2D eigenvalue weighted by Gasteiger charge is 2.04. The van der Waals surface area contributed by atoms with Gasteiger partial charge in [-0.2, -0.15) is 0 Å². The molecule has 98 valence electrons. The number of hydrogen-bond acceptors (Lipinski definition) is 3. The van der Waals surface area contributed by atoms with Crippen molar-refractivity contribution >= 4 is 0 Å². The van der Waals surface area contributed by atoms with Crippen LogP contribution in [0.15, 0.2) is 12.1 Å². The molecule has 0 amide bonds. The third-order valence-electron chi connectivity index (χ3n) is 2.65. The SMILES string of the molecule is CCOCC.COc1ccc(CO)c(C)c1C. The molecule has 17 heavy (non-hydrogen) atoms. The maximum atomic E-state index is 8.97. The van der Waals surface area contributed by atoms with Crippen LogP contribution in [0.1, 0.15) is 30.5 Å². The number of hydrogen-bond donors (Lipinski definition) is 1. The lowest BCUT2D eigenvalue weighted by atomic mass is 10.0. The molecule has 0 heterocycles. The van der Waals surface area contributed by atoms with Crippen LogP contribution in [0.5, 0.6) is 5.75 Å². The van der Waals surface area contributed by atoms with E-state index in [-0.39, 0.29) is 6.61 Å². The molecule has 3 nitrogen and oxygen atoms in total. The molecule has 1 aromatic carbocycles. The Kier molecular flexibility index (Phi) is 8.46. The van der Waals surface area contributed by atoms with Gasteiger partial charge in [0.05, 0.1) is 13.7 Å². The van der Waals surface area contributed by atoms with E-state index in [1.807, 2.05) is 39.8 Å². The van der Waals surface area contributed by atoms with Crippen LogP contribution >= 0.6 is 0 Å². The fraction of sp³-hybridized carbons (Fsp3) is 0.571. The smallest absolute Gasteiger partial charge is 0.122 e. The van der Waals surface area contributed by atoms with Gasteiger partial charge in [-0.25, -0.2) is 0 Å². The molecule has 0 saturated heterocycles. The molecular weight excluding hydrogens is 216 g/mol. The Morgan fingerprint density at radius 1 is 1.06 bits per heavy atom. The van der Waals surface area contributed by atoms with Crippen molar-refractivity contribution in [3.05, 3.63) is 28.8 Å². The third-order valence-corrected chi connectivity index (χ3v) is 2.65. The number of methoxy groups -OCH3 is 1. The molecule has 0 saturated carbocycles. The molecular formula is C14H24O3. The second-order valence-corrected chi connectivity index (χ2v) is 3.62. The average molecular weight is 240 g/mol. The van der Waals surface area contributed by atoms with E-state index in [0.717, 1.165) is 35.7 Å². The highest BCUT2D eigenvalue weighted by atomic mass is 16.5. The Hall–Kier alpha value is -1.06. The summed E-state index contributed by atoms with van der Waals surface area (Å²) in [6.45, 7) is 9.74. The highest BCUT2D eigenvalue weighted by molar-refractivity contribution is 5.43. The lowest BCUT2D eigenvalue weighted by Gasteiger charge is -2.10. The van der Waals surface area contributed by atoms with Gasteiger partial charge in [0.25, 0.3) is 0 Å². The molecule has 0 atom stereocenters. The molecule has 0 spiro atoms. The second-order valence-electron chi connectivity index (χ2n) is 3.62. The lowest BCUT2D eigenvalue weighted by molar-refractivity contribution is 0.162. The summed E-state index contributed by atoms with van der Waals surface area (Å²) < 4.78 is 9.98. The first-order valence-electron chi connectivity index (χ1n) is 5.93. The average Bonchev–Trinajstić information content (AvgIpc) is 2.34. The summed E-state index contributed by atoms with van der Waals surface area (Å²) in [4.78, 5) is 0. The molecule has 1 aromatic rings. The summed E-state index contributed by atoms with van der Waals surface area (Å²) in [6, 6.07) is 3.77. The van der Waals surface area contributed by atoms with Crippen LogP contribution < -0.4 is 4.74 Å². The summed E-state index contributed by atoms with van der Waals surface area (Å²) in [5.41, 5.74) is 3.18. The maximum absolute atomic E-state index is 8.97. The fourth-order valence-electron chi connectivity index (χ4n) is 1.45. The van der Waals surface area contributed by atoms with Gasteiger partial charge in [0.1, 0.15) is 5.75 Å². The monoisotopic (exact) mass is 240 g/mol. The number of ether oxygens (including phenoxy) is 2. The molecule has 1 N–H and O–H groups in total. The Labute approximate surface area is 104 Å². The van der Waals surface area contributed by atoms with E-state index in [9.17, 15) is 0 Å². The lowest BCUT2D eigenvalue weighted by Crippen LogP contribution is -1.95. The summed E-state index contributed by atoms with van der Waals surface area (Å²) in [5.74, 6) is 0.879. The maximum Gasteiger partial charge on any atom is 0.122 e. The normalized spacial score (nSPS) is 9.53. The van der Waals surface area contributed by atoms with Gasteiger partial charge >= 0.3 is 0 Å².